The second-order valence-electron chi connectivity index (χ2n) is 7.18. The molecule has 2 heterocycles. The maximum atomic E-state index is 11.7. The molecular formula is C21H29N5O2. The molecular weight excluding hydrogens is 354 g/mol. The molecule has 7 nitrogen and oxygen atoms in total. The van der Waals surface area contributed by atoms with Crippen molar-refractivity contribution >= 4 is 23.3 Å². The third-order valence-corrected chi connectivity index (χ3v) is 5.07. The minimum Gasteiger partial charge on any atom is -0.465 e. The number of esters is 1. The highest BCUT2D eigenvalue weighted by Crippen LogP contribution is 2.23. The molecule has 0 radical (unpaired) electrons. The van der Waals surface area contributed by atoms with Gasteiger partial charge in [-0.25, -0.2) is 9.97 Å². The fourth-order valence-electron chi connectivity index (χ4n) is 3.52. The van der Waals surface area contributed by atoms with E-state index in [2.05, 4.69) is 51.2 Å². The number of carbonyl (C=O) groups is 1. The summed E-state index contributed by atoms with van der Waals surface area (Å²) in [4.78, 5) is 24.8. The van der Waals surface area contributed by atoms with Gasteiger partial charge in [-0.05, 0) is 44.4 Å². The first-order chi connectivity index (χ1) is 13.5. The third kappa shape index (κ3) is 5.42. The summed E-state index contributed by atoms with van der Waals surface area (Å²) < 4.78 is 5.04. The molecule has 1 saturated heterocycles. The summed E-state index contributed by atoms with van der Waals surface area (Å²) in [6.07, 6.45) is 3.57. The monoisotopic (exact) mass is 383 g/mol. The van der Waals surface area contributed by atoms with Crippen LogP contribution in [-0.4, -0.2) is 60.2 Å². The lowest BCUT2D eigenvalue weighted by atomic mass is 10.0. The standard InChI is InChI=1S/C21H29N5O2/c1-4-28-21(27)14-26-10-8-18(9-11-26)25(3)20-13-19(22-15-23-20)24-17-7-5-6-16(2)12-17/h5-7,12-13,15,18H,4,8-11,14H2,1-3H3,(H,22,23,24). The number of likely N-dealkylation sites (tertiary alicyclic amines) is 1. The lowest BCUT2D eigenvalue weighted by Crippen LogP contribution is -2.45. The Labute approximate surface area is 166 Å². The first-order valence-corrected chi connectivity index (χ1v) is 9.81. The molecule has 1 aromatic carbocycles. The van der Waals surface area contributed by atoms with E-state index in [1.54, 1.807) is 6.33 Å². The van der Waals surface area contributed by atoms with Gasteiger partial charge in [0.1, 0.15) is 18.0 Å². The highest BCUT2D eigenvalue weighted by atomic mass is 16.5. The predicted octanol–water partition coefficient (Wildman–Crippen LogP) is 2.99. The molecule has 0 atom stereocenters. The van der Waals surface area contributed by atoms with E-state index in [-0.39, 0.29) is 5.97 Å². The fourth-order valence-corrected chi connectivity index (χ4v) is 3.52. The molecule has 1 aromatic heterocycles. The summed E-state index contributed by atoms with van der Waals surface area (Å²) in [7, 11) is 2.07. The van der Waals surface area contributed by atoms with Crippen LogP contribution >= 0.6 is 0 Å². The van der Waals surface area contributed by atoms with E-state index in [1.807, 2.05) is 25.1 Å². The zero-order valence-electron chi connectivity index (χ0n) is 16.9. The van der Waals surface area contributed by atoms with Gasteiger partial charge in [0.05, 0.1) is 13.2 Å². The number of hydrogen-bond acceptors (Lipinski definition) is 7. The van der Waals surface area contributed by atoms with Gasteiger partial charge >= 0.3 is 5.97 Å². The van der Waals surface area contributed by atoms with Crippen molar-refractivity contribution in [1.29, 1.82) is 0 Å². The van der Waals surface area contributed by atoms with Crippen LogP contribution in [0.1, 0.15) is 25.3 Å². The maximum absolute atomic E-state index is 11.7. The maximum Gasteiger partial charge on any atom is 0.320 e. The van der Waals surface area contributed by atoms with Crippen molar-refractivity contribution in [2.45, 2.75) is 32.7 Å². The van der Waals surface area contributed by atoms with Crippen molar-refractivity contribution in [3.05, 3.63) is 42.2 Å². The second-order valence-corrected chi connectivity index (χ2v) is 7.18. The lowest BCUT2D eigenvalue weighted by Gasteiger charge is -2.36. The van der Waals surface area contributed by atoms with Crippen LogP contribution in [0.2, 0.25) is 0 Å². The highest BCUT2D eigenvalue weighted by Gasteiger charge is 2.24. The Kier molecular flexibility index (Phi) is 6.81. The van der Waals surface area contributed by atoms with E-state index in [4.69, 9.17) is 4.74 Å². The molecule has 2 aromatic rings. The van der Waals surface area contributed by atoms with Crippen molar-refractivity contribution in [2.75, 3.05) is 43.5 Å². The molecule has 3 rings (SSSR count). The van der Waals surface area contributed by atoms with Crippen molar-refractivity contribution in [3.8, 4) is 0 Å². The van der Waals surface area contributed by atoms with E-state index in [0.717, 1.165) is 43.3 Å². The summed E-state index contributed by atoms with van der Waals surface area (Å²) in [6.45, 7) is 6.48. The topological polar surface area (TPSA) is 70.6 Å². The minimum atomic E-state index is -0.142. The summed E-state index contributed by atoms with van der Waals surface area (Å²) >= 11 is 0. The number of rotatable bonds is 7. The lowest BCUT2D eigenvalue weighted by molar-refractivity contribution is -0.144. The van der Waals surface area contributed by atoms with Crippen molar-refractivity contribution in [2.24, 2.45) is 0 Å². The number of anilines is 3. The van der Waals surface area contributed by atoms with E-state index >= 15 is 0 Å². The summed E-state index contributed by atoms with van der Waals surface area (Å²) in [5, 5.41) is 3.35. The normalized spacial score (nSPS) is 15.2. The number of aryl methyl sites for hydroxylation is 1. The van der Waals surface area contributed by atoms with Gasteiger partial charge in [-0.3, -0.25) is 9.69 Å². The number of ether oxygens (including phenoxy) is 1. The van der Waals surface area contributed by atoms with Gasteiger partial charge in [0.15, 0.2) is 0 Å². The SMILES string of the molecule is CCOC(=O)CN1CCC(N(C)c2cc(Nc3cccc(C)c3)ncn2)CC1. The van der Waals surface area contributed by atoms with E-state index in [0.29, 0.717) is 19.2 Å². The summed E-state index contributed by atoms with van der Waals surface area (Å²) in [5.41, 5.74) is 2.21. The molecule has 28 heavy (non-hydrogen) atoms. The number of nitrogens with zero attached hydrogens (tertiary/aromatic N) is 4. The Morgan fingerprint density at radius 2 is 2.07 bits per heavy atom. The Balaban J connectivity index is 1.57. The molecule has 150 valence electrons. The molecule has 0 aliphatic carbocycles. The number of benzene rings is 1. The number of nitrogens with one attached hydrogen (secondary N) is 1. The van der Waals surface area contributed by atoms with Crippen LogP contribution in [0.15, 0.2) is 36.7 Å². The number of hydrogen-bond donors (Lipinski definition) is 1. The Morgan fingerprint density at radius 1 is 1.29 bits per heavy atom. The molecule has 7 heteroatoms. The van der Waals surface area contributed by atoms with Crippen LogP contribution in [0.3, 0.4) is 0 Å². The first kappa shape index (κ1) is 20.1. The average molecular weight is 383 g/mol. The van der Waals surface area contributed by atoms with E-state index < -0.39 is 0 Å². The Bertz CT molecular complexity index is 790. The third-order valence-electron chi connectivity index (χ3n) is 5.07. The van der Waals surface area contributed by atoms with Crippen molar-refractivity contribution in [3.63, 3.8) is 0 Å². The van der Waals surface area contributed by atoms with Crippen LogP contribution in [0.4, 0.5) is 17.3 Å². The zero-order chi connectivity index (χ0) is 19.9. The number of piperidine rings is 1. The minimum absolute atomic E-state index is 0.142. The van der Waals surface area contributed by atoms with Crippen LogP contribution in [0.5, 0.6) is 0 Å². The Morgan fingerprint density at radius 3 is 2.79 bits per heavy atom. The van der Waals surface area contributed by atoms with Crippen LogP contribution in [0, 0.1) is 6.92 Å². The van der Waals surface area contributed by atoms with Gasteiger partial charge in [-0.15, -0.1) is 0 Å². The van der Waals surface area contributed by atoms with Gasteiger partial charge in [-0.2, -0.15) is 0 Å². The molecule has 0 spiro atoms. The van der Waals surface area contributed by atoms with Crippen LogP contribution < -0.4 is 10.2 Å². The zero-order valence-corrected chi connectivity index (χ0v) is 16.9. The van der Waals surface area contributed by atoms with Crippen molar-refractivity contribution in [1.82, 2.24) is 14.9 Å². The second kappa shape index (κ2) is 9.50. The summed E-state index contributed by atoms with van der Waals surface area (Å²) in [5.74, 6) is 1.54. The largest absolute Gasteiger partial charge is 0.465 e. The number of carbonyl (C=O) groups excluding carboxylic acids is 1. The summed E-state index contributed by atoms with van der Waals surface area (Å²) in [6, 6.07) is 10.6. The molecule has 1 aliphatic rings. The highest BCUT2D eigenvalue weighted by molar-refractivity contribution is 5.71. The molecule has 1 aliphatic heterocycles. The molecule has 0 amide bonds. The quantitative estimate of drug-likeness (QED) is 0.737. The molecule has 0 bridgehead atoms. The smallest absolute Gasteiger partial charge is 0.320 e. The van der Waals surface area contributed by atoms with Crippen LogP contribution in [-0.2, 0) is 9.53 Å². The van der Waals surface area contributed by atoms with Gasteiger partial charge in [0.25, 0.3) is 0 Å². The van der Waals surface area contributed by atoms with Gasteiger partial charge in [-0.1, -0.05) is 12.1 Å². The van der Waals surface area contributed by atoms with Gasteiger partial charge < -0.3 is 15.0 Å². The van der Waals surface area contributed by atoms with Crippen molar-refractivity contribution < 1.29 is 9.53 Å². The van der Waals surface area contributed by atoms with E-state index in [1.165, 1.54) is 5.56 Å². The van der Waals surface area contributed by atoms with Crippen LogP contribution in [0.25, 0.3) is 0 Å². The van der Waals surface area contributed by atoms with E-state index in [9.17, 15) is 4.79 Å². The average Bonchev–Trinajstić information content (AvgIpc) is 2.68. The molecule has 0 unspecified atom stereocenters. The first-order valence-electron chi connectivity index (χ1n) is 9.81. The van der Waals surface area contributed by atoms with Gasteiger partial charge in [0.2, 0.25) is 0 Å². The molecule has 1 N–H and O–H groups in total. The number of aromatic nitrogens is 2. The predicted molar refractivity (Wildman–Crippen MR) is 111 cm³/mol. The fraction of sp³-hybridized carbons (Fsp3) is 0.476. The molecule has 0 saturated carbocycles. The Hall–Kier alpha value is -2.67. The molecule has 1 fully saturated rings. The van der Waals surface area contributed by atoms with Gasteiger partial charge in [0, 0.05) is 37.9 Å².